The zero-order chi connectivity index (χ0) is 15.5. The summed E-state index contributed by atoms with van der Waals surface area (Å²) in [5.41, 5.74) is 0.343. The molecule has 1 N–H and O–H groups in total. The molecular formula is C15H11N3O4. The Balaban J connectivity index is 1.90. The molecule has 0 aromatic heterocycles. The van der Waals surface area contributed by atoms with E-state index in [4.69, 9.17) is 4.42 Å². The number of aromatic nitrogens is 1. The fourth-order valence-corrected chi connectivity index (χ4v) is 2.03. The Labute approximate surface area is 124 Å². The summed E-state index contributed by atoms with van der Waals surface area (Å²) in [4.78, 5) is 22.4. The molecule has 0 aliphatic carbocycles. The molecule has 7 heteroatoms. The van der Waals surface area contributed by atoms with Gasteiger partial charge in [-0.05, 0) is 11.6 Å². The lowest BCUT2D eigenvalue weighted by molar-refractivity contribution is 0.447. The number of hydrogen-bond acceptors (Lipinski definition) is 6. The molecule has 7 nitrogen and oxygen atoms in total. The third kappa shape index (κ3) is 2.39. The molecule has 0 saturated heterocycles. The van der Waals surface area contributed by atoms with Gasteiger partial charge in [-0.25, -0.2) is 4.57 Å². The van der Waals surface area contributed by atoms with Gasteiger partial charge in [0.05, 0.1) is 12.2 Å². The van der Waals surface area contributed by atoms with Gasteiger partial charge >= 0.3 is 5.56 Å². The van der Waals surface area contributed by atoms with E-state index in [2.05, 4.69) is 10.2 Å². The van der Waals surface area contributed by atoms with Crippen LogP contribution in [0.25, 0.3) is 11.5 Å². The summed E-state index contributed by atoms with van der Waals surface area (Å²) in [5.74, 6) is -0.586. The predicted molar refractivity (Wildman–Crippen MR) is 78.1 cm³/mol. The van der Waals surface area contributed by atoms with Crippen molar-refractivity contribution in [3.05, 3.63) is 58.4 Å². The lowest BCUT2D eigenvalue weighted by atomic mass is 10.2. The second kappa shape index (κ2) is 5.65. The smallest absolute Gasteiger partial charge is 0.303 e. The quantitative estimate of drug-likeness (QED) is 0.591. The third-order valence-corrected chi connectivity index (χ3v) is 3.09. The standard InChI is InChI=1S/C15H11N3O4/c19-9-18-11-6-7-12(22-14(11)13(20)15(18)21)17-16-8-10-4-2-1-3-5-10/h1-7,9,20H,8H2. The molecule has 110 valence electrons. The maximum Gasteiger partial charge on any atom is 0.303 e. The summed E-state index contributed by atoms with van der Waals surface area (Å²) in [6, 6.07) is 12.5. The van der Waals surface area contributed by atoms with Crippen LogP contribution >= 0.6 is 0 Å². The van der Waals surface area contributed by atoms with Crippen LogP contribution < -0.4 is 5.56 Å². The van der Waals surface area contributed by atoms with E-state index in [0.29, 0.717) is 13.0 Å². The van der Waals surface area contributed by atoms with Crippen LogP contribution in [0.3, 0.4) is 0 Å². The number of carbonyl (C=O) groups excluding carboxylic acids is 1. The number of nitrogens with zero attached hydrogens (tertiary/aromatic N) is 3. The van der Waals surface area contributed by atoms with E-state index < -0.39 is 11.3 Å². The highest BCUT2D eigenvalue weighted by molar-refractivity contribution is 5.73. The SMILES string of the molecule is O=Cn1c2ccc(N=NCc3ccccc3)oc-2c(O)c1=O. The van der Waals surface area contributed by atoms with Gasteiger partial charge in [-0.2, -0.15) is 5.11 Å². The molecule has 2 aliphatic rings. The number of carbonyl (C=O) groups is 1. The number of hydrogen-bond donors (Lipinski definition) is 1. The van der Waals surface area contributed by atoms with Crippen molar-refractivity contribution in [2.75, 3.05) is 0 Å². The highest BCUT2D eigenvalue weighted by Crippen LogP contribution is 2.32. The number of rotatable bonds is 4. The Morgan fingerprint density at radius 1 is 1.18 bits per heavy atom. The molecule has 0 bridgehead atoms. The van der Waals surface area contributed by atoms with Crippen LogP contribution in [0.15, 0.2) is 61.9 Å². The Hall–Kier alpha value is -3.22. The lowest BCUT2D eigenvalue weighted by Gasteiger charge is -2.00. The van der Waals surface area contributed by atoms with Gasteiger partial charge in [0.15, 0.2) is 0 Å². The van der Waals surface area contributed by atoms with E-state index in [-0.39, 0.29) is 17.3 Å². The van der Waals surface area contributed by atoms with Crippen LogP contribution in [-0.4, -0.2) is 16.1 Å². The lowest BCUT2D eigenvalue weighted by Crippen LogP contribution is -2.13. The first-order chi connectivity index (χ1) is 10.7. The molecule has 3 rings (SSSR count). The van der Waals surface area contributed by atoms with Crippen molar-refractivity contribution in [3.63, 3.8) is 0 Å². The van der Waals surface area contributed by atoms with Crippen molar-refractivity contribution in [1.29, 1.82) is 0 Å². The van der Waals surface area contributed by atoms with Crippen LogP contribution in [0.4, 0.5) is 5.88 Å². The zero-order valence-electron chi connectivity index (χ0n) is 11.3. The maximum absolute atomic E-state index is 11.6. The fraction of sp³-hybridized carbons (Fsp3) is 0.0667. The summed E-state index contributed by atoms with van der Waals surface area (Å²) in [6.45, 7) is 0.378. The van der Waals surface area contributed by atoms with E-state index in [1.807, 2.05) is 30.3 Å². The summed E-state index contributed by atoms with van der Waals surface area (Å²) >= 11 is 0. The van der Waals surface area contributed by atoms with Crippen LogP contribution in [0.5, 0.6) is 5.75 Å². The summed E-state index contributed by atoms with van der Waals surface area (Å²) in [5, 5.41) is 17.6. The second-order valence-corrected chi connectivity index (χ2v) is 4.50. The van der Waals surface area contributed by atoms with Crippen molar-refractivity contribution in [3.8, 4) is 17.2 Å². The monoisotopic (exact) mass is 297 g/mol. The molecule has 0 atom stereocenters. The molecule has 0 amide bonds. The number of aromatic hydroxyl groups is 1. The van der Waals surface area contributed by atoms with Crippen LogP contribution in [0, 0.1) is 0 Å². The molecular weight excluding hydrogens is 286 g/mol. The van der Waals surface area contributed by atoms with Gasteiger partial charge in [-0.1, -0.05) is 30.3 Å². The van der Waals surface area contributed by atoms with E-state index in [9.17, 15) is 14.7 Å². The minimum absolute atomic E-state index is 0.0896. The van der Waals surface area contributed by atoms with Gasteiger partial charge in [-0.3, -0.25) is 9.59 Å². The highest BCUT2D eigenvalue weighted by Gasteiger charge is 2.23. The maximum atomic E-state index is 11.6. The topological polar surface area (TPSA) is 97.2 Å². The molecule has 2 aliphatic heterocycles. The van der Waals surface area contributed by atoms with Gasteiger partial charge in [0.1, 0.15) is 0 Å². The first kappa shape index (κ1) is 13.7. The number of benzene rings is 1. The fourth-order valence-electron chi connectivity index (χ4n) is 2.03. The van der Waals surface area contributed by atoms with Crippen molar-refractivity contribution in [1.82, 2.24) is 4.57 Å². The molecule has 1 aromatic rings. The van der Waals surface area contributed by atoms with E-state index >= 15 is 0 Å². The van der Waals surface area contributed by atoms with Gasteiger partial charge in [0, 0.05) is 6.07 Å². The first-order valence-corrected chi connectivity index (χ1v) is 6.44. The van der Waals surface area contributed by atoms with Crippen LogP contribution in [-0.2, 0) is 11.3 Å². The summed E-state index contributed by atoms with van der Waals surface area (Å²) < 4.78 is 6.07. The summed E-state index contributed by atoms with van der Waals surface area (Å²) in [6.07, 6.45) is 0.316. The van der Waals surface area contributed by atoms with Gasteiger partial charge in [0.25, 0.3) is 0 Å². The molecule has 0 spiro atoms. The van der Waals surface area contributed by atoms with E-state index in [0.717, 1.165) is 10.1 Å². The second-order valence-electron chi connectivity index (χ2n) is 4.50. The number of azo groups is 1. The molecule has 0 radical (unpaired) electrons. The molecule has 0 fully saturated rings. The molecule has 1 aromatic carbocycles. The first-order valence-electron chi connectivity index (χ1n) is 6.44. The average Bonchev–Trinajstić information content (AvgIpc) is 2.79. The molecule has 2 heterocycles. The third-order valence-electron chi connectivity index (χ3n) is 3.09. The Kier molecular flexibility index (Phi) is 3.53. The van der Waals surface area contributed by atoms with Crippen LogP contribution in [0.2, 0.25) is 0 Å². The van der Waals surface area contributed by atoms with Crippen molar-refractivity contribution in [2.45, 2.75) is 6.54 Å². The molecule has 0 saturated carbocycles. The number of fused-ring (bicyclic) bond motifs is 1. The summed E-state index contributed by atoms with van der Waals surface area (Å²) in [7, 11) is 0. The van der Waals surface area contributed by atoms with Crippen LogP contribution in [0.1, 0.15) is 5.56 Å². The average molecular weight is 297 g/mol. The van der Waals surface area contributed by atoms with Gasteiger partial charge < -0.3 is 9.52 Å². The Bertz CT molecular complexity index is 864. The van der Waals surface area contributed by atoms with E-state index in [1.165, 1.54) is 12.1 Å². The molecule has 22 heavy (non-hydrogen) atoms. The van der Waals surface area contributed by atoms with E-state index in [1.54, 1.807) is 0 Å². The van der Waals surface area contributed by atoms with Gasteiger partial charge in [-0.15, -0.1) is 5.11 Å². The highest BCUT2D eigenvalue weighted by atomic mass is 16.4. The largest absolute Gasteiger partial charge is 0.500 e. The zero-order valence-corrected chi connectivity index (χ0v) is 11.3. The van der Waals surface area contributed by atoms with Gasteiger partial charge in [0.2, 0.25) is 23.8 Å². The normalized spacial score (nSPS) is 11.3. The Morgan fingerprint density at radius 2 is 1.95 bits per heavy atom. The van der Waals surface area contributed by atoms with Crippen molar-refractivity contribution in [2.24, 2.45) is 10.2 Å². The Morgan fingerprint density at radius 3 is 2.68 bits per heavy atom. The minimum Gasteiger partial charge on any atom is -0.500 e. The van der Waals surface area contributed by atoms with Crippen molar-refractivity contribution < 1.29 is 14.3 Å². The minimum atomic E-state index is -0.827. The molecule has 0 unspecified atom stereocenters. The predicted octanol–water partition coefficient (Wildman–Crippen LogP) is 2.57. The van der Waals surface area contributed by atoms with Crippen molar-refractivity contribution >= 4 is 12.3 Å².